The van der Waals surface area contributed by atoms with Crippen LogP contribution in [0.1, 0.15) is 0 Å². The lowest BCUT2D eigenvalue weighted by Crippen LogP contribution is -2.28. The standard InChI is InChI=1S/C22H18BNO3/c25-23(26-22-8-2-1-3-9-22)27-24-21-14-12-18(13-15-21)20-11-10-17-6-4-5-7-19(17)16-20/h1-16,24-25H. The quantitative estimate of drug-likeness (QED) is 0.381. The fraction of sp³-hybridized carbons (Fsp3) is 0. The Morgan fingerprint density at radius 3 is 2.11 bits per heavy atom. The summed E-state index contributed by atoms with van der Waals surface area (Å²) in [4.78, 5) is 0. The number of para-hydroxylation sites is 1. The molecule has 0 saturated heterocycles. The average Bonchev–Trinajstić information content (AvgIpc) is 2.73. The maximum atomic E-state index is 9.79. The molecule has 0 radical (unpaired) electrons. The van der Waals surface area contributed by atoms with Gasteiger partial charge in [0.15, 0.2) is 0 Å². The largest absolute Gasteiger partial charge is 0.733 e. The Kier molecular flexibility index (Phi) is 5.05. The minimum absolute atomic E-state index is 0.526. The van der Waals surface area contributed by atoms with Crippen molar-refractivity contribution in [3.05, 3.63) is 97.1 Å². The zero-order valence-corrected chi connectivity index (χ0v) is 14.6. The Labute approximate surface area is 158 Å². The van der Waals surface area contributed by atoms with Gasteiger partial charge in [-0.3, -0.25) is 10.2 Å². The molecule has 0 spiro atoms. The molecule has 0 fully saturated rings. The van der Waals surface area contributed by atoms with Gasteiger partial charge in [0, 0.05) is 0 Å². The first-order valence-corrected chi connectivity index (χ1v) is 8.69. The Balaban J connectivity index is 1.39. The number of anilines is 1. The van der Waals surface area contributed by atoms with E-state index in [0.29, 0.717) is 5.75 Å². The lowest BCUT2D eigenvalue weighted by molar-refractivity contribution is 0.235. The fourth-order valence-corrected chi connectivity index (χ4v) is 2.86. The first-order valence-electron chi connectivity index (χ1n) is 8.69. The normalized spacial score (nSPS) is 10.6. The summed E-state index contributed by atoms with van der Waals surface area (Å²) >= 11 is 0. The van der Waals surface area contributed by atoms with Crippen LogP contribution in [-0.2, 0) is 4.76 Å². The summed E-state index contributed by atoms with van der Waals surface area (Å²) in [5, 5.41) is 12.2. The molecule has 5 heteroatoms. The van der Waals surface area contributed by atoms with E-state index in [2.05, 4.69) is 35.8 Å². The molecule has 2 N–H and O–H groups in total. The molecule has 0 bridgehead atoms. The van der Waals surface area contributed by atoms with Gasteiger partial charge in [-0.1, -0.05) is 66.7 Å². The molecule has 0 atom stereocenters. The van der Waals surface area contributed by atoms with Gasteiger partial charge in [0.25, 0.3) is 0 Å². The maximum Gasteiger partial charge on any atom is 0.733 e. The lowest BCUT2D eigenvalue weighted by Gasteiger charge is -2.11. The molecular formula is C22H18BNO3. The van der Waals surface area contributed by atoms with E-state index in [1.54, 1.807) is 12.1 Å². The van der Waals surface area contributed by atoms with Crippen molar-refractivity contribution >= 4 is 23.8 Å². The first kappa shape index (κ1) is 17.2. The first-order chi connectivity index (χ1) is 13.3. The summed E-state index contributed by atoms with van der Waals surface area (Å²) in [5.41, 5.74) is 5.67. The van der Waals surface area contributed by atoms with Crippen LogP contribution in [0.4, 0.5) is 5.69 Å². The van der Waals surface area contributed by atoms with E-state index in [1.807, 2.05) is 54.6 Å². The fourth-order valence-electron chi connectivity index (χ4n) is 2.86. The van der Waals surface area contributed by atoms with Gasteiger partial charge in [0.2, 0.25) is 0 Å². The summed E-state index contributed by atoms with van der Waals surface area (Å²) in [7, 11) is -1.41. The Morgan fingerprint density at radius 1 is 0.667 bits per heavy atom. The Bertz CT molecular complexity index is 1020. The van der Waals surface area contributed by atoms with E-state index in [1.165, 1.54) is 10.8 Å². The van der Waals surface area contributed by atoms with Crippen LogP contribution in [0.25, 0.3) is 21.9 Å². The third kappa shape index (κ3) is 4.29. The smallest absolute Gasteiger partial charge is 0.511 e. The van der Waals surface area contributed by atoms with Gasteiger partial charge in [-0.2, -0.15) is 0 Å². The summed E-state index contributed by atoms with van der Waals surface area (Å²) in [6.45, 7) is 0. The lowest BCUT2D eigenvalue weighted by atomic mass is 10.0. The molecule has 0 aliphatic heterocycles. The molecule has 4 aromatic carbocycles. The molecular weight excluding hydrogens is 337 g/mol. The number of benzene rings is 4. The highest BCUT2D eigenvalue weighted by atomic mass is 16.8. The van der Waals surface area contributed by atoms with Gasteiger partial charge < -0.3 is 9.68 Å². The summed E-state index contributed by atoms with van der Waals surface area (Å²) < 4.78 is 10.4. The minimum atomic E-state index is -1.41. The minimum Gasteiger partial charge on any atom is -0.511 e. The molecule has 0 saturated carbocycles. The summed E-state index contributed by atoms with van der Waals surface area (Å²) in [5.74, 6) is 0.526. The van der Waals surface area contributed by atoms with Gasteiger partial charge >= 0.3 is 7.32 Å². The Morgan fingerprint density at radius 2 is 1.33 bits per heavy atom. The van der Waals surface area contributed by atoms with Crippen LogP contribution in [0, 0.1) is 0 Å². The third-order valence-electron chi connectivity index (χ3n) is 4.23. The second-order valence-corrected chi connectivity index (χ2v) is 6.10. The van der Waals surface area contributed by atoms with Crippen molar-refractivity contribution < 1.29 is 14.4 Å². The van der Waals surface area contributed by atoms with Crippen molar-refractivity contribution in [2.45, 2.75) is 0 Å². The van der Waals surface area contributed by atoms with Crippen LogP contribution in [0.5, 0.6) is 5.75 Å². The van der Waals surface area contributed by atoms with Gasteiger partial charge in [0.05, 0.1) is 5.69 Å². The molecule has 132 valence electrons. The summed E-state index contributed by atoms with van der Waals surface area (Å²) in [6, 6.07) is 31.5. The van der Waals surface area contributed by atoms with Gasteiger partial charge in [-0.25, -0.2) is 0 Å². The number of fused-ring (bicyclic) bond motifs is 1. The number of nitrogens with one attached hydrogen (secondary N) is 1. The van der Waals surface area contributed by atoms with Crippen LogP contribution in [0.15, 0.2) is 97.1 Å². The molecule has 0 unspecified atom stereocenters. The maximum absolute atomic E-state index is 9.79. The predicted octanol–water partition coefficient (Wildman–Crippen LogP) is 4.91. The number of hydrogen-bond donors (Lipinski definition) is 2. The van der Waals surface area contributed by atoms with Crippen molar-refractivity contribution in [2.75, 3.05) is 5.48 Å². The predicted molar refractivity (Wildman–Crippen MR) is 109 cm³/mol. The average molecular weight is 355 g/mol. The van der Waals surface area contributed by atoms with E-state index >= 15 is 0 Å². The van der Waals surface area contributed by atoms with Crippen molar-refractivity contribution in [1.29, 1.82) is 0 Å². The Hall–Kier alpha value is -3.28. The molecule has 0 aliphatic rings. The number of rotatable bonds is 6. The van der Waals surface area contributed by atoms with Crippen LogP contribution < -0.4 is 10.1 Å². The molecule has 0 aliphatic carbocycles. The van der Waals surface area contributed by atoms with Crippen molar-refractivity contribution in [3.63, 3.8) is 0 Å². The summed E-state index contributed by atoms with van der Waals surface area (Å²) in [6.07, 6.45) is 0. The van der Waals surface area contributed by atoms with E-state index in [4.69, 9.17) is 9.41 Å². The second kappa shape index (κ2) is 7.95. The molecule has 27 heavy (non-hydrogen) atoms. The molecule has 4 rings (SSSR count). The highest BCUT2D eigenvalue weighted by Gasteiger charge is 2.19. The van der Waals surface area contributed by atoms with E-state index in [0.717, 1.165) is 16.8 Å². The molecule has 4 aromatic rings. The van der Waals surface area contributed by atoms with Gasteiger partial charge in [-0.05, 0) is 52.2 Å². The van der Waals surface area contributed by atoms with E-state index in [9.17, 15) is 5.02 Å². The van der Waals surface area contributed by atoms with E-state index < -0.39 is 7.32 Å². The zero-order chi connectivity index (χ0) is 18.5. The van der Waals surface area contributed by atoms with Gasteiger partial charge in [-0.15, -0.1) is 0 Å². The highest BCUT2D eigenvalue weighted by Crippen LogP contribution is 2.25. The molecule has 0 aromatic heterocycles. The second-order valence-electron chi connectivity index (χ2n) is 6.10. The van der Waals surface area contributed by atoms with Crippen molar-refractivity contribution in [3.8, 4) is 16.9 Å². The SMILES string of the molecule is OB(ONc1ccc(-c2ccc3ccccc3c2)cc1)Oc1ccccc1. The van der Waals surface area contributed by atoms with Crippen LogP contribution >= 0.6 is 0 Å². The zero-order valence-electron chi connectivity index (χ0n) is 14.6. The van der Waals surface area contributed by atoms with Crippen molar-refractivity contribution in [2.24, 2.45) is 0 Å². The highest BCUT2D eigenvalue weighted by molar-refractivity contribution is 6.35. The third-order valence-corrected chi connectivity index (χ3v) is 4.23. The molecule has 4 nitrogen and oxygen atoms in total. The van der Waals surface area contributed by atoms with Crippen molar-refractivity contribution in [1.82, 2.24) is 0 Å². The van der Waals surface area contributed by atoms with Crippen LogP contribution in [-0.4, -0.2) is 12.3 Å². The number of hydrogen-bond acceptors (Lipinski definition) is 4. The van der Waals surface area contributed by atoms with Gasteiger partial charge in [0.1, 0.15) is 5.75 Å². The molecule has 0 amide bonds. The van der Waals surface area contributed by atoms with E-state index in [-0.39, 0.29) is 0 Å². The monoisotopic (exact) mass is 355 g/mol. The topological polar surface area (TPSA) is 50.7 Å². The van der Waals surface area contributed by atoms with Crippen LogP contribution in [0.3, 0.4) is 0 Å². The van der Waals surface area contributed by atoms with Crippen LogP contribution in [0.2, 0.25) is 0 Å². The molecule has 0 heterocycles.